The molecule has 0 atom stereocenters. The predicted molar refractivity (Wildman–Crippen MR) is 240 cm³/mol. The molecule has 0 radical (unpaired) electrons. The Balaban J connectivity index is 0.000000194. The second kappa shape index (κ2) is 19.4. The zero-order valence-electron chi connectivity index (χ0n) is 34.3. The van der Waals surface area contributed by atoms with E-state index in [9.17, 15) is 32.4 Å². The van der Waals surface area contributed by atoms with E-state index in [0.717, 1.165) is 57.4 Å². The molecule has 0 saturated heterocycles. The van der Waals surface area contributed by atoms with Crippen molar-refractivity contribution in [3.8, 4) is 0 Å². The fourth-order valence-electron chi connectivity index (χ4n) is 7.72. The number of carbonyl (C=O) groups is 5. The van der Waals surface area contributed by atoms with Crippen molar-refractivity contribution in [3.63, 3.8) is 0 Å². The maximum atomic E-state index is 13.6. The lowest BCUT2D eigenvalue weighted by atomic mass is 10.00. The minimum atomic E-state index is -3.67. The van der Waals surface area contributed by atoms with Crippen LogP contribution >= 0.6 is 23.2 Å². The lowest BCUT2D eigenvalue weighted by molar-refractivity contribution is -0.137. The number of allylic oxidation sites excluding steroid dienone is 2. The highest BCUT2D eigenvalue weighted by atomic mass is 35.5. The summed E-state index contributed by atoms with van der Waals surface area (Å²) in [6.45, 7) is 4.49. The van der Waals surface area contributed by atoms with Gasteiger partial charge in [0.05, 0.1) is 39.9 Å². The Morgan fingerprint density at radius 1 is 0.629 bits per heavy atom. The van der Waals surface area contributed by atoms with Crippen LogP contribution in [-0.4, -0.2) is 65.1 Å². The van der Waals surface area contributed by atoms with Gasteiger partial charge in [0.2, 0.25) is 0 Å². The van der Waals surface area contributed by atoms with Crippen LogP contribution in [0, 0.1) is 13.8 Å². The number of nitrogens with one attached hydrogen (secondary N) is 1. The SMILES string of the molecule is CS(=O)(=O)O.Cc1ccc(C2=C3C(=O)NC(c4ccc(C)cc4)=C3C(=O)C2)cc1.O=C(O)CCCCCCN1C(=O)C2=C(c3ccc(Cl)cc3)CC(=O)C2=C1c1ccc(Cl)cc1. The van der Waals surface area contributed by atoms with Crippen molar-refractivity contribution in [2.75, 3.05) is 12.8 Å². The van der Waals surface area contributed by atoms with Crippen molar-refractivity contribution < 1.29 is 42.0 Å². The molecule has 4 aliphatic rings. The molecule has 8 rings (SSSR count). The first-order valence-electron chi connectivity index (χ1n) is 19.9. The van der Waals surface area contributed by atoms with Gasteiger partial charge in [-0.1, -0.05) is 120 Å². The molecule has 0 spiro atoms. The van der Waals surface area contributed by atoms with Crippen LogP contribution in [0.5, 0.6) is 0 Å². The second-order valence-corrected chi connectivity index (χ2v) is 17.7. The number of carboxylic acids is 1. The Labute approximate surface area is 370 Å². The van der Waals surface area contributed by atoms with E-state index in [1.165, 1.54) is 0 Å². The average molecular weight is 896 g/mol. The molecule has 3 N–H and O–H groups in total. The van der Waals surface area contributed by atoms with Gasteiger partial charge in [0.15, 0.2) is 11.6 Å². The summed E-state index contributed by atoms with van der Waals surface area (Å²) in [5.74, 6) is -1.21. The van der Waals surface area contributed by atoms with Crippen LogP contribution < -0.4 is 5.32 Å². The molecule has 0 saturated carbocycles. The molecule has 2 aliphatic heterocycles. The molecule has 4 aromatic rings. The monoisotopic (exact) mass is 894 g/mol. The number of carbonyl (C=O) groups excluding carboxylic acids is 4. The van der Waals surface area contributed by atoms with Crippen LogP contribution in [0.1, 0.15) is 78.3 Å². The molecular weight excluding hydrogens is 852 g/mol. The van der Waals surface area contributed by atoms with Crippen LogP contribution in [0.4, 0.5) is 0 Å². The van der Waals surface area contributed by atoms with E-state index < -0.39 is 16.1 Å². The Kier molecular flexibility index (Phi) is 14.3. The van der Waals surface area contributed by atoms with Crippen molar-refractivity contribution in [3.05, 3.63) is 163 Å². The first kappa shape index (κ1) is 45.6. The van der Waals surface area contributed by atoms with Gasteiger partial charge in [-0.25, -0.2) is 0 Å². The highest BCUT2D eigenvalue weighted by molar-refractivity contribution is 7.85. The third-order valence-electron chi connectivity index (χ3n) is 10.6. The quantitative estimate of drug-likeness (QED) is 0.0980. The highest BCUT2D eigenvalue weighted by Crippen LogP contribution is 2.47. The molecule has 2 amide bonds. The van der Waals surface area contributed by atoms with Crippen LogP contribution in [0.3, 0.4) is 0 Å². The van der Waals surface area contributed by atoms with Crippen molar-refractivity contribution in [1.29, 1.82) is 0 Å². The number of aryl methyl sites for hydroxylation is 2. The van der Waals surface area contributed by atoms with Crippen molar-refractivity contribution in [2.24, 2.45) is 0 Å². The van der Waals surface area contributed by atoms with Crippen LogP contribution in [0.2, 0.25) is 10.0 Å². The molecule has 0 fully saturated rings. The van der Waals surface area contributed by atoms with Crippen LogP contribution in [-0.2, 0) is 34.1 Å². The summed E-state index contributed by atoms with van der Waals surface area (Å²) in [6, 6.07) is 30.1. The zero-order valence-corrected chi connectivity index (χ0v) is 36.6. The number of carboxylic acid groups (broad SMARTS) is 1. The molecule has 0 bridgehead atoms. The highest BCUT2D eigenvalue weighted by Gasteiger charge is 2.45. The molecule has 11 nitrogen and oxygen atoms in total. The van der Waals surface area contributed by atoms with Crippen molar-refractivity contribution in [2.45, 2.75) is 58.8 Å². The first-order valence-corrected chi connectivity index (χ1v) is 22.5. The van der Waals surface area contributed by atoms with Crippen LogP contribution in [0.25, 0.3) is 22.5 Å². The molecule has 0 aromatic heterocycles. The van der Waals surface area contributed by atoms with E-state index >= 15 is 0 Å². The minimum absolute atomic E-state index is 0.00880. The molecule has 62 heavy (non-hydrogen) atoms. The molecular formula is C48H44Cl2N2O9S. The lowest BCUT2D eigenvalue weighted by Crippen LogP contribution is -2.27. The Hall–Kier alpha value is -5.92. The predicted octanol–water partition coefficient (Wildman–Crippen LogP) is 9.08. The number of ketones is 2. The van der Waals surface area contributed by atoms with E-state index in [1.54, 1.807) is 29.2 Å². The van der Waals surface area contributed by atoms with E-state index in [2.05, 4.69) is 5.32 Å². The molecule has 2 aliphatic carbocycles. The van der Waals surface area contributed by atoms with Gasteiger partial charge in [0.25, 0.3) is 21.9 Å². The number of amides is 2. The Morgan fingerprint density at radius 2 is 1.06 bits per heavy atom. The standard InChI is InChI=1S/C26H23Cl2NO4.C21H17NO2.CH4O3S/c27-18-10-6-16(7-11-18)20-15-21(30)24-23(20)26(33)29(14-4-2-1-3-5-22(31)32)25(24)17-8-12-19(28)13-9-17;1-12-3-7-14(8-4-12)16-11-17(23)19-18(16)21(24)22-20(19)15-9-5-13(2)6-10-15;1-5(2,3)4/h6-13H,1-5,14-15H2,(H,31,32);3-10H,11H2,1-2H3,(H,22,24);1H3,(H,2,3,4). The first-order chi connectivity index (χ1) is 29.4. The van der Waals surface area contributed by atoms with E-state index in [4.69, 9.17) is 32.9 Å². The van der Waals surface area contributed by atoms with Gasteiger partial charge in [-0.2, -0.15) is 8.42 Å². The number of unbranched alkanes of at least 4 members (excludes halogenated alkanes) is 3. The van der Waals surface area contributed by atoms with Crippen molar-refractivity contribution >= 4 is 85.2 Å². The van der Waals surface area contributed by atoms with Gasteiger partial charge >= 0.3 is 5.97 Å². The van der Waals surface area contributed by atoms with Gasteiger partial charge in [0.1, 0.15) is 0 Å². The third kappa shape index (κ3) is 10.7. The number of halogens is 2. The van der Waals surface area contributed by atoms with Gasteiger partial charge in [-0.15, -0.1) is 0 Å². The van der Waals surface area contributed by atoms with Gasteiger partial charge in [-0.05, 0) is 84.4 Å². The van der Waals surface area contributed by atoms with Crippen LogP contribution in [0.15, 0.2) is 119 Å². The summed E-state index contributed by atoms with van der Waals surface area (Å²) >= 11 is 12.1. The number of benzene rings is 4. The number of hydrogen-bond donors (Lipinski definition) is 3. The number of Topliss-reactive ketones (excluding diaryl/α,β-unsaturated/α-hetero) is 2. The molecule has 320 valence electrons. The average Bonchev–Trinajstić information content (AvgIpc) is 3.94. The van der Waals surface area contributed by atoms with Gasteiger partial charge in [0, 0.05) is 35.9 Å². The van der Waals surface area contributed by atoms with E-state index in [1.807, 2.05) is 86.6 Å². The summed E-state index contributed by atoms with van der Waals surface area (Å²) in [4.78, 5) is 64.3. The number of aliphatic carboxylic acids is 1. The topological polar surface area (TPSA) is 175 Å². The largest absolute Gasteiger partial charge is 0.481 e. The van der Waals surface area contributed by atoms with E-state index in [-0.39, 0.29) is 42.6 Å². The lowest BCUT2D eigenvalue weighted by Gasteiger charge is -2.21. The number of rotatable bonds is 11. The minimum Gasteiger partial charge on any atom is -0.481 e. The zero-order chi connectivity index (χ0) is 44.9. The maximum Gasteiger partial charge on any atom is 0.303 e. The van der Waals surface area contributed by atoms with Gasteiger partial charge in [-0.3, -0.25) is 28.5 Å². The summed E-state index contributed by atoms with van der Waals surface area (Å²) < 4.78 is 25.9. The molecule has 0 unspecified atom stereocenters. The molecule has 14 heteroatoms. The van der Waals surface area contributed by atoms with Gasteiger partial charge < -0.3 is 15.3 Å². The smallest absolute Gasteiger partial charge is 0.303 e. The number of nitrogens with zero attached hydrogens (tertiary/aromatic N) is 1. The fourth-order valence-corrected chi connectivity index (χ4v) is 7.98. The summed E-state index contributed by atoms with van der Waals surface area (Å²) in [5, 5.41) is 12.9. The normalized spacial score (nSPS) is 15.7. The number of hydrogen-bond acceptors (Lipinski definition) is 7. The van der Waals surface area contributed by atoms with Crippen molar-refractivity contribution in [1.82, 2.24) is 10.2 Å². The second-order valence-electron chi connectivity index (χ2n) is 15.3. The summed E-state index contributed by atoms with van der Waals surface area (Å²) in [5.41, 5.74) is 10.6. The Bertz CT molecular complexity index is 2610. The van der Waals surface area contributed by atoms with E-state index in [0.29, 0.717) is 69.4 Å². The summed E-state index contributed by atoms with van der Waals surface area (Å²) in [7, 11) is -3.67. The summed E-state index contributed by atoms with van der Waals surface area (Å²) in [6.07, 6.45) is 4.23. The third-order valence-corrected chi connectivity index (χ3v) is 11.1. The molecule has 2 heterocycles. The maximum absolute atomic E-state index is 13.6. The molecule has 4 aromatic carbocycles. The fraction of sp³-hybridized carbons (Fsp3) is 0.229. The number of fused-ring (bicyclic) bond motifs is 2. The Morgan fingerprint density at radius 3 is 1.58 bits per heavy atom.